The van der Waals surface area contributed by atoms with Gasteiger partial charge in [-0.05, 0) is 88.0 Å². The smallest absolute Gasteiger partial charge is 0.219 e. The van der Waals surface area contributed by atoms with Gasteiger partial charge in [-0.1, -0.05) is 61.6 Å². The lowest BCUT2D eigenvalue weighted by Gasteiger charge is -2.27. The number of aliphatic hydroxyl groups excluding tert-OH is 1. The molecular weight excluding hydrogens is 450 g/mol. The molecular formula is C31H47NO4. The van der Waals surface area contributed by atoms with Gasteiger partial charge < -0.3 is 19.9 Å². The maximum Gasteiger partial charge on any atom is 0.219 e. The summed E-state index contributed by atoms with van der Waals surface area (Å²) in [5.41, 5.74) is 1.32. The van der Waals surface area contributed by atoms with Crippen LogP contribution in [0.25, 0.3) is 0 Å². The summed E-state index contributed by atoms with van der Waals surface area (Å²) in [7, 11) is 0. The third-order valence-corrected chi connectivity index (χ3v) is 7.56. The van der Waals surface area contributed by atoms with E-state index in [0.717, 1.165) is 64.4 Å². The summed E-state index contributed by atoms with van der Waals surface area (Å²) in [5, 5.41) is 13.6. The van der Waals surface area contributed by atoms with Crippen LogP contribution in [0, 0.1) is 17.8 Å². The molecule has 5 nitrogen and oxygen atoms in total. The van der Waals surface area contributed by atoms with Crippen LogP contribution in [0.15, 0.2) is 54.6 Å². The van der Waals surface area contributed by atoms with Crippen molar-refractivity contribution < 1.29 is 19.4 Å². The van der Waals surface area contributed by atoms with Crippen molar-refractivity contribution >= 4 is 5.91 Å². The van der Waals surface area contributed by atoms with Crippen molar-refractivity contribution in [1.29, 1.82) is 0 Å². The summed E-state index contributed by atoms with van der Waals surface area (Å²) in [6.45, 7) is 5.66. The van der Waals surface area contributed by atoms with E-state index < -0.39 is 0 Å². The normalized spacial score (nSPS) is 27.6. The maximum absolute atomic E-state index is 11.6. The van der Waals surface area contributed by atoms with E-state index in [1.165, 1.54) is 5.56 Å². The van der Waals surface area contributed by atoms with Crippen molar-refractivity contribution in [1.82, 2.24) is 5.32 Å². The predicted octanol–water partition coefficient (Wildman–Crippen LogP) is 5.97. The molecule has 0 radical (unpaired) electrons. The highest BCUT2D eigenvalue weighted by Crippen LogP contribution is 2.40. The zero-order chi connectivity index (χ0) is 25.6. The topological polar surface area (TPSA) is 67.8 Å². The van der Waals surface area contributed by atoms with Crippen molar-refractivity contribution in [2.75, 3.05) is 13.2 Å². The zero-order valence-electron chi connectivity index (χ0n) is 22.3. The quantitative estimate of drug-likeness (QED) is 0.245. The molecule has 6 atom stereocenters. The highest BCUT2D eigenvalue weighted by Gasteiger charge is 2.38. The Morgan fingerprint density at radius 3 is 2.83 bits per heavy atom. The number of amides is 1. The number of carbonyl (C=O) groups excluding carboxylic acids is 1. The monoisotopic (exact) mass is 497 g/mol. The molecule has 0 spiro atoms. The first-order valence-corrected chi connectivity index (χ1v) is 14.2. The van der Waals surface area contributed by atoms with Crippen LogP contribution in [0.4, 0.5) is 0 Å². The van der Waals surface area contributed by atoms with Crippen LogP contribution in [-0.2, 0) is 20.7 Å². The summed E-state index contributed by atoms with van der Waals surface area (Å²) in [6, 6.07) is 10.6. The van der Waals surface area contributed by atoms with Crippen molar-refractivity contribution in [3.05, 3.63) is 60.2 Å². The third kappa shape index (κ3) is 9.84. The first-order valence-electron chi connectivity index (χ1n) is 14.2. The van der Waals surface area contributed by atoms with Gasteiger partial charge in [0.05, 0.1) is 12.2 Å². The molecule has 1 saturated heterocycles. The molecule has 1 amide bonds. The second-order valence-electron chi connectivity index (χ2n) is 10.5. The minimum Gasteiger partial charge on any atom is -0.393 e. The fourth-order valence-corrected chi connectivity index (χ4v) is 5.50. The molecule has 2 N–H and O–H groups in total. The number of aryl methyl sites for hydroxylation is 1. The van der Waals surface area contributed by atoms with Crippen LogP contribution in [-0.4, -0.2) is 42.7 Å². The molecule has 1 heterocycles. The van der Waals surface area contributed by atoms with E-state index in [-0.39, 0.29) is 30.3 Å². The fourth-order valence-electron chi connectivity index (χ4n) is 5.50. The van der Waals surface area contributed by atoms with Gasteiger partial charge in [-0.25, -0.2) is 0 Å². The number of aliphatic hydroxyl groups is 1. The van der Waals surface area contributed by atoms with Gasteiger partial charge in [0.2, 0.25) is 5.91 Å². The SMILES string of the molecule is CCNC(=O)CCC/C=C\C[C@@H]1[C@@H](/C=C/[C@H](CCc2ccccc2)OC2CCCCO2)[C@H](C)C[C@@H]1O. The molecule has 2 fully saturated rings. The van der Waals surface area contributed by atoms with Crippen LogP contribution in [0.5, 0.6) is 0 Å². The number of rotatable bonds is 14. The van der Waals surface area contributed by atoms with Crippen LogP contribution < -0.4 is 5.32 Å². The van der Waals surface area contributed by atoms with Gasteiger partial charge in [-0.2, -0.15) is 0 Å². The highest BCUT2D eigenvalue weighted by molar-refractivity contribution is 5.75. The van der Waals surface area contributed by atoms with Gasteiger partial charge in [0.1, 0.15) is 0 Å². The van der Waals surface area contributed by atoms with Crippen molar-refractivity contribution in [2.24, 2.45) is 17.8 Å². The molecule has 1 aromatic rings. The average Bonchev–Trinajstić information content (AvgIpc) is 3.16. The van der Waals surface area contributed by atoms with E-state index in [1.54, 1.807) is 0 Å². The largest absolute Gasteiger partial charge is 0.393 e. The van der Waals surface area contributed by atoms with Gasteiger partial charge in [-0.15, -0.1) is 0 Å². The van der Waals surface area contributed by atoms with Gasteiger partial charge in [-0.3, -0.25) is 4.79 Å². The number of unbranched alkanes of at least 4 members (excludes halogenated alkanes) is 1. The van der Waals surface area contributed by atoms with Crippen LogP contribution in [0.2, 0.25) is 0 Å². The Labute approximate surface area is 218 Å². The Morgan fingerprint density at radius 1 is 1.25 bits per heavy atom. The summed E-state index contributed by atoms with van der Waals surface area (Å²) in [4.78, 5) is 11.6. The van der Waals surface area contributed by atoms with E-state index in [1.807, 2.05) is 6.92 Å². The number of hydrogen-bond donors (Lipinski definition) is 2. The van der Waals surface area contributed by atoms with E-state index in [0.29, 0.717) is 24.8 Å². The fraction of sp³-hybridized carbons (Fsp3) is 0.645. The van der Waals surface area contributed by atoms with E-state index in [2.05, 4.69) is 66.9 Å². The Hall–Kier alpha value is -1.95. The number of nitrogens with one attached hydrogen (secondary N) is 1. The van der Waals surface area contributed by atoms with Gasteiger partial charge in [0.15, 0.2) is 6.29 Å². The summed E-state index contributed by atoms with van der Waals surface area (Å²) >= 11 is 0. The minimum absolute atomic E-state index is 0.00343. The van der Waals surface area contributed by atoms with Crippen molar-refractivity contribution in [3.63, 3.8) is 0 Å². The van der Waals surface area contributed by atoms with Crippen molar-refractivity contribution in [2.45, 2.75) is 96.6 Å². The first kappa shape index (κ1) is 28.6. The molecule has 0 aromatic heterocycles. The van der Waals surface area contributed by atoms with Crippen LogP contribution in [0.3, 0.4) is 0 Å². The third-order valence-electron chi connectivity index (χ3n) is 7.56. The lowest BCUT2D eigenvalue weighted by atomic mass is 9.86. The second kappa shape index (κ2) is 16.0. The number of hydrogen-bond acceptors (Lipinski definition) is 4. The molecule has 1 saturated carbocycles. The van der Waals surface area contributed by atoms with Gasteiger partial charge in [0.25, 0.3) is 0 Å². The molecule has 36 heavy (non-hydrogen) atoms. The summed E-state index contributed by atoms with van der Waals surface area (Å²) in [6.07, 6.45) is 17.7. The van der Waals surface area contributed by atoms with Gasteiger partial charge >= 0.3 is 0 Å². The zero-order valence-corrected chi connectivity index (χ0v) is 22.3. The van der Waals surface area contributed by atoms with Crippen LogP contribution >= 0.6 is 0 Å². The molecule has 0 bridgehead atoms. The van der Waals surface area contributed by atoms with Crippen molar-refractivity contribution in [3.8, 4) is 0 Å². The molecule has 5 heteroatoms. The summed E-state index contributed by atoms with van der Waals surface area (Å²) in [5.74, 6) is 1.11. The maximum atomic E-state index is 11.6. The molecule has 200 valence electrons. The standard InChI is InChI=1S/C31H47NO4/c1-3-32-30(34)16-10-5-4-9-15-28-27(24(2)23-29(28)33)21-20-26(36-31-17-11-12-22-35-31)19-18-25-13-7-6-8-14-25/h4,6-9,13-14,20-21,24,26-29,31,33H,3,5,10-12,15-19,22-23H2,1-2H3,(H,32,34)/b9-4-,21-20+/t24-,26+,27+,28-,29+,31?/m1/s1. The minimum atomic E-state index is -0.278. The average molecular weight is 498 g/mol. The van der Waals surface area contributed by atoms with Crippen LogP contribution in [0.1, 0.15) is 77.2 Å². The predicted molar refractivity (Wildman–Crippen MR) is 145 cm³/mol. The Balaban J connectivity index is 1.56. The lowest BCUT2D eigenvalue weighted by Crippen LogP contribution is -2.27. The Kier molecular flexibility index (Phi) is 12.7. The first-order chi connectivity index (χ1) is 17.6. The highest BCUT2D eigenvalue weighted by atomic mass is 16.7. The Morgan fingerprint density at radius 2 is 2.08 bits per heavy atom. The Bertz CT molecular complexity index is 802. The number of allylic oxidation sites excluding steroid dienone is 3. The molecule has 3 rings (SSSR count). The molecule has 1 aliphatic heterocycles. The second-order valence-corrected chi connectivity index (χ2v) is 10.5. The van der Waals surface area contributed by atoms with E-state index in [4.69, 9.17) is 9.47 Å². The number of carbonyl (C=O) groups is 1. The molecule has 1 unspecified atom stereocenters. The van der Waals surface area contributed by atoms with Gasteiger partial charge in [0, 0.05) is 19.6 Å². The lowest BCUT2D eigenvalue weighted by molar-refractivity contribution is -0.179. The van der Waals surface area contributed by atoms with E-state index in [9.17, 15) is 9.90 Å². The number of ether oxygens (including phenoxy) is 2. The molecule has 1 aromatic carbocycles. The summed E-state index contributed by atoms with van der Waals surface area (Å²) < 4.78 is 12.3. The number of benzene rings is 1. The van der Waals surface area contributed by atoms with E-state index >= 15 is 0 Å². The molecule has 2 aliphatic rings. The molecule has 1 aliphatic carbocycles.